The van der Waals surface area contributed by atoms with Gasteiger partial charge in [0, 0.05) is 36.6 Å². The Hall–Kier alpha value is -4.17. The van der Waals surface area contributed by atoms with Crippen molar-refractivity contribution < 1.29 is 0 Å². The van der Waals surface area contributed by atoms with Crippen molar-refractivity contribution >= 4 is 10.9 Å². The second kappa shape index (κ2) is 10.3. The van der Waals surface area contributed by atoms with Gasteiger partial charge in [-0.1, -0.05) is 36.4 Å². The minimum Gasteiger partial charge on any atom is -0.322 e. The molecule has 0 radical (unpaired) electrons. The highest BCUT2D eigenvalue weighted by Gasteiger charge is 2.33. The molecule has 5 aromatic rings. The first-order chi connectivity index (χ1) is 18.2. The molecule has 0 bridgehead atoms. The number of aromatic amines is 1. The molecule has 0 fully saturated rings. The topological polar surface area (TPSA) is 92.6 Å². The van der Waals surface area contributed by atoms with Gasteiger partial charge in [-0.3, -0.25) is 14.7 Å². The summed E-state index contributed by atoms with van der Waals surface area (Å²) in [5, 5.41) is 13.9. The molecule has 0 aliphatic heterocycles. The highest BCUT2D eigenvalue weighted by Crippen LogP contribution is 2.32. The molecule has 0 saturated heterocycles. The number of aryl methyl sites for hydroxylation is 2. The Bertz CT molecular complexity index is 1560. The maximum atomic E-state index is 13.8. The van der Waals surface area contributed by atoms with Gasteiger partial charge in [-0.25, -0.2) is 4.68 Å². The van der Waals surface area contributed by atoms with Crippen LogP contribution in [0.4, 0.5) is 0 Å². The number of nitrogens with one attached hydrogen (secondary N) is 1. The van der Waals surface area contributed by atoms with Gasteiger partial charge in [0.2, 0.25) is 0 Å². The van der Waals surface area contributed by atoms with Crippen LogP contribution in [0.5, 0.6) is 0 Å². The second-order valence-electron chi connectivity index (χ2n) is 10.9. The lowest BCUT2D eigenvalue weighted by molar-refractivity contribution is 0.184. The lowest BCUT2D eigenvalue weighted by atomic mass is 9.99. The molecule has 0 aliphatic carbocycles. The van der Waals surface area contributed by atoms with E-state index >= 15 is 0 Å². The largest absolute Gasteiger partial charge is 0.322 e. The molecule has 0 aliphatic rings. The van der Waals surface area contributed by atoms with E-state index in [1.165, 1.54) is 5.56 Å². The Kier molecular flexibility index (Phi) is 6.91. The Labute approximate surface area is 222 Å². The highest BCUT2D eigenvalue weighted by molar-refractivity contribution is 5.81. The fraction of sp³-hybridized carbons (Fsp3) is 0.300. The van der Waals surface area contributed by atoms with Crippen molar-refractivity contribution in [1.82, 2.24) is 35.1 Å². The molecule has 0 spiro atoms. The quantitative estimate of drug-likeness (QED) is 0.331. The first kappa shape index (κ1) is 25.5. The van der Waals surface area contributed by atoms with Crippen molar-refractivity contribution in [3.63, 3.8) is 0 Å². The van der Waals surface area contributed by atoms with Gasteiger partial charge in [-0.2, -0.15) is 0 Å². The fourth-order valence-corrected chi connectivity index (χ4v) is 4.82. The summed E-state index contributed by atoms with van der Waals surface area (Å²) < 4.78 is 1.82. The van der Waals surface area contributed by atoms with Crippen LogP contribution in [0.3, 0.4) is 0 Å². The van der Waals surface area contributed by atoms with Crippen molar-refractivity contribution in [2.24, 2.45) is 0 Å². The zero-order valence-electron chi connectivity index (χ0n) is 22.5. The third kappa shape index (κ3) is 5.26. The number of nitrogens with zero attached hydrogens (tertiary/aromatic N) is 6. The van der Waals surface area contributed by atoms with Crippen LogP contribution in [0, 0.1) is 13.8 Å². The molecule has 3 heterocycles. The molecule has 0 unspecified atom stereocenters. The van der Waals surface area contributed by atoms with Gasteiger partial charge in [0.05, 0.1) is 5.54 Å². The number of tetrazole rings is 1. The predicted octanol–water partition coefficient (Wildman–Crippen LogP) is 5.07. The molecular formula is C30H33N7O. The molecule has 0 saturated carbocycles. The summed E-state index contributed by atoms with van der Waals surface area (Å²) in [6, 6.07) is 19.9. The average Bonchev–Trinajstić information content (AvgIpc) is 3.37. The van der Waals surface area contributed by atoms with Crippen molar-refractivity contribution in [2.45, 2.75) is 59.3 Å². The third-order valence-electron chi connectivity index (χ3n) is 6.86. The van der Waals surface area contributed by atoms with Crippen LogP contribution in [0.25, 0.3) is 10.9 Å². The lowest BCUT2D eigenvalue weighted by Gasteiger charge is -2.33. The molecule has 8 heteroatoms. The number of H-pyrrole nitrogens is 1. The summed E-state index contributed by atoms with van der Waals surface area (Å²) in [4.78, 5) is 23.5. The van der Waals surface area contributed by atoms with E-state index in [1.807, 2.05) is 53.3 Å². The SMILES string of the molecule is Cc1cc2cc([C@@H](c3nnnn3C(C)(C)C)N(Cc3ccccc3)Cc3cccnc3)c(=O)[nH]c2cc1C. The van der Waals surface area contributed by atoms with Gasteiger partial charge in [0.1, 0.15) is 6.04 Å². The standard InChI is InChI=1S/C30H33N7O/c1-20-14-24-16-25(29(38)32-26(24)15-21(20)2)27(28-33-34-35-37(28)30(3,4)5)36(18-22-10-7-6-8-11-22)19-23-12-9-13-31-17-23/h6-17,27H,18-19H2,1-5H3,(H,32,38)/t27-/m0/s1. The molecular weight excluding hydrogens is 474 g/mol. The van der Waals surface area contributed by atoms with Crippen LogP contribution in [0.2, 0.25) is 0 Å². The van der Waals surface area contributed by atoms with E-state index < -0.39 is 6.04 Å². The first-order valence-corrected chi connectivity index (χ1v) is 12.8. The molecule has 8 nitrogen and oxygen atoms in total. The second-order valence-corrected chi connectivity index (χ2v) is 10.9. The van der Waals surface area contributed by atoms with E-state index in [-0.39, 0.29) is 11.1 Å². The predicted molar refractivity (Wildman–Crippen MR) is 149 cm³/mol. The summed E-state index contributed by atoms with van der Waals surface area (Å²) in [6.45, 7) is 11.4. The Morgan fingerprint density at radius 2 is 1.66 bits per heavy atom. The summed E-state index contributed by atoms with van der Waals surface area (Å²) >= 11 is 0. The fourth-order valence-electron chi connectivity index (χ4n) is 4.82. The number of rotatable bonds is 7. The van der Waals surface area contributed by atoms with Crippen molar-refractivity contribution in [2.75, 3.05) is 0 Å². The van der Waals surface area contributed by atoms with Crippen molar-refractivity contribution in [3.05, 3.63) is 117 Å². The van der Waals surface area contributed by atoms with E-state index in [0.717, 1.165) is 27.6 Å². The number of aromatic nitrogens is 6. The highest BCUT2D eigenvalue weighted by atomic mass is 16.1. The maximum absolute atomic E-state index is 13.8. The summed E-state index contributed by atoms with van der Waals surface area (Å²) in [7, 11) is 0. The monoisotopic (exact) mass is 507 g/mol. The van der Waals surface area contributed by atoms with Gasteiger partial charge in [-0.05, 0) is 97.0 Å². The Balaban J connectivity index is 1.74. The van der Waals surface area contributed by atoms with Gasteiger partial charge >= 0.3 is 0 Å². The number of fused-ring (bicyclic) bond motifs is 1. The van der Waals surface area contributed by atoms with E-state index in [0.29, 0.717) is 24.5 Å². The maximum Gasteiger partial charge on any atom is 0.253 e. The van der Waals surface area contributed by atoms with Crippen LogP contribution in [0.1, 0.15) is 60.5 Å². The Morgan fingerprint density at radius 1 is 0.947 bits per heavy atom. The van der Waals surface area contributed by atoms with E-state index in [4.69, 9.17) is 0 Å². The molecule has 194 valence electrons. The molecule has 2 aromatic carbocycles. The number of hydrogen-bond donors (Lipinski definition) is 1. The smallest absolute Gasteiger partial charge is 0.253 e. The van der Waals surface area contributed by atoms with Crippen molar-refractivity contribution in [3.8, 4) is 0 Å². The van der Waals surface area contributed by atoms with Crippen LogP contribution >= 0.6 is 0 Å². The van der Waals surface area contributed by atoms with E-state index in [1.54, 1.807) is 6.20 Å². The van der Waals surface area contributed by atoms with Crippen LogP contribution in [-0.4, -0.2) is 35.1 Å². The van der Waals surface area contributed by atoms with Gasteiger partial charge < -0.3 is 4.98 Å². The van der Waals surface area contributed by atoms with Crippen molar-refractivity contribution in [1.29, 1.82) is 0 Å². The van der Waals surface area contributed by atoms with Gasteiger partial charge in [0.15, 0.2) is 5.82 Å². The first-order valence-electron chi connectivity index (χ1n) is 12.8. The molecule has 5 rings (SSSR count). The Morgan fingerprint density at radius 3 is 2.37 bits per heavy atom. The summed E-state index contributed by atoms with van der Waals surface area (Å²) in [6.07, 6.45) is 3.62. The van der Waals surface area contributed by atoms with Gasteiger partial charge in [-0.15, -0.1) is 5.10 Å². The minimum absolute atomic E-state index is 0.154. The van der Waals surface area contributed by atoms with Crippen LogP contribution in [0.15, 0.2) is 77.9 Å². The lowest BCUT2D eigenvalue weighted by Crippen LogP contribution is -2.37. The van der Waals surface area contributed by atoms with Crippen LogP contribution in [-0.2, 0) is 18.6 Å². The molecule has 38 heavy (non-hydrogen) atoms. The number of hydrogen-bond acceptors (Lipinski definition) is 6. The van der Waals surface area contributed by atoms with E-state index in [2.05, 4.69) is 83.2 Å². The normalized spacial score (nSPS) is 12.8. The minimum atomic E-state index is -0.514. The number of benzene rings is 2. The summed E-state index contributed by atoms with van der Waals surface area (Å²) in [5.41, 5.74) is 5.34. The number of pyridine rings is 2. The molecule has 0 amide bonds. The average molecular weight is 508 g/mol. The zero-order chi connectivity index (χ0) is 26.9. The zero-order valence-corrected chi connectivity index (χ0v) is 22.5. The van der Waals surface area contributed by atoms with Gasteiger partial charge in [0.25, 0.3) is 5.56 Å². The third-order valence-corrected chi connectivity index (χ3v) is 6.86. The molecule has 1 atom stereocenters. The van der Waals surface area contributed by atoms with Crippen LogP contribution < -0.4 is 5.56 Å². The van der Waals surface area contributed by atoms with E-state index in [9.17, 15) is 4.79 Å². The molecule has 1 N–H and O–H groups in total. The molecule has 3 aromatic heterocycles. The summed E-state index contributed by atoms with van der Waals surface area (Å²) in [5.74, 6) is 0.617.